The summed E-state index contributed by atoms with van der Waals surface area (Å²) in [6.07, 6.45) is 4.35. The maximum absolute atomic E-state index is 5.30. The second kappa shape index (κ2) is 3.91. The van der Waals surface area contributed by atoms with E-state index in [0.717, 1.165) is 24.2 Å². The van der Waals surface area contributed by atoms with Crippen molar-refractivity contribution >= 4 is 16.6 Å². The summed E-state index contributed by atoms with van der Waals surface area (Å²) in [4.78, 5) is 6.84. The molecule has 17 heavy (non-hydrogen) atoms. The van der Waals surface area contributed by atoms with E-state index < -0.39 is 0 Å². The molecule has 0 spiro atoms. The summed E-state index contributed by atoms with van der Waals surface area (Å²) in [7, 11) is 3.85. The number of nitrogens with zero attached hydrogens (tertiary/aromatic N) is 2. The second-order valence-corrected chi connectivity index (χ2v) is 4.54. The molecule has 1 aromatic carbocycles. The van der Waals surface area contributed by atoms with Crippen molar-refractivity contribution in [2.24, 2.45) is 0 Å². The summed E-state index contributed by atoms with van der Waals surface area (Å²) in [6, 6.07) is 6.07. The molecule has 2 heterocycles. The van der Waals surface area contributed by atoms with Crippen molar-refractivity contribution in [1.29, 1.82) is 0 Å². The highest BCUT2D eigenvalue weighted by atomic mass is 16.5. The molecule has 1 aromatic heterocycles. The summed E-state index contributed by atoms with van der Waals surface area (Å²) in [5.41, 5.74) is 3.71. The van der Waals surface area contributed by atoms with E-state index in [1.54, 1.807) is 7.11 Å². The minimum Gasteiger partial charge on any atom is -0.497 e. The number of rotatable bonds is 1. The van der Waals surface area contributed by atoms with Crippen molar-refractivity contribution in [3.63, 3.8) is 0 Å². The maximum atomic E-state index is 5.30. The quantitative estimate of drug-likeness (QED) is 0.750. The van der Waals surface area contributed by atoms with Crippen molar-refractivity contribution in [1.82, 2.24) is 4.98 Å². The fourth-order valence-corrected chi connectivity index (χ4v) is 2.58. The summed E-state index contributed by atoms with van der Waals surface area (Å²) in [5.74, 6) is 0.895. The average Bonchev–Trinajstić information content (AvgIpc) is 2.38. The highest BCUT2D eigenvalue weighted by Crippen LogP contribution is 2.34. The normalized spacial score (nSPS) is 14.8. The van der Waals surface area contributed by atoms with E-state index in [0.29, 0.717) is 0 Å². The van der Waals surface area contributed by atoms with Gasteiger partial charge in [-0.1, -0.05) is 0 Å². The Hall–Kier alpha value is -1.77. The van der Waals surface area contributed by atoms with E-state index in [-0.39, 0.29) is 0 Å². The number of anilines is 1. The SMILES string of the molecule is COc1ccc2ncc3c(c2c1)N(C)CCC3. The first-order chi connectivity index (χ1) is 8.29. The number of fused-ring (bicyclic) bond motifs is 3. The van der Waals surface area contributed by atoms with Crippen LogP contribution in [0.1, 0.15) is 12.0 Å². The van der Waals surface area contributed by atoms with Crippen molar-refractivity contribution < 1.29 is 4.74 Å². The highest BCUT2D eigenvalue weighted by Gasteiger charge is 2.17. The average molecular weight is 228 g/mol. The van der Waals surface area contributed by atoms with Crippen LogP contribution in [0.25, 0.3) is 10.9 Å². The Bertz CT molecular complexity index is 560. The Kier molecular flexibility index (Phi) is 2.39. The maximum Gasteiger partial charge on any atom is 0.119 e. The van der Waals surface area contributed by atoms with Gasteiger partial charge in [0.15, 0.2) is 0 Å². The molecule has 1 aliphatic rings. The number of ether oxygens (including phenoxy) is 1. The number of hydrogen-bond donors (Lipinski definition) is 0. The highest BCUT2D eigenvalue weighted by molar-refractivity contribution is 5.94. The van der Waals surface area contributed by atoms with Crippen molar-refractivity contribution in [2.75, 3.05) is 25.6 Å². The van der Waals surface area contributed by atoms with Gasteiger partial charge in [-0.2, -0.15) is 0 Å². The van der Waals surface area contributed by atoms with Gasteiger partial charge in [0.25, 0.3) is 0 Å². The molecule has 0 amide bonds. The third-order valence-corrected chi connectivity index (χ3v) is 3.44. The molecular formula is C14H16N2O. The standard InChI is InChI=1S/C14H16N2O/c1-16-7-3-4-10-9-15-13-6-5-11(17-2)8-12(13)14(10)16/h5-6,8-9H,3-4,7H2,1-2H3. The van der Waals surface area contributed by atoms with Gasteiger partial charge in [-0.05, 0) is 36.6 Å². The van der Waals surface area contributed by atoms with Crippen LogP contribution >= 0.6 is 0 Å². The number of methoxy groups -OCH3 is 1. The Balaban J connectivity index is 2.30. The van der Waals surface area contributed by atoms with Crippen LogP contribution in [-0.4, -0.2) is 25.7 Å². The zero-order valence-electron chi connectivity index (χ0n) is 10.2. The van der Waals surface area contributed by atoms with E-state index in [1.807, 2.05) is 18.3 Å². The van der Waals surface area contributed by atoms with E-state index in [4.69, 9.17) is 4.74 Å². The lowest BCUT2D eigenvalue weighted by atomic mass is 10.0. The summed E-state index contributed by atoms with van der Waals surface area (Å²) in [5, 5.41) is 1.20. The molecule has 0 fully saturated rings. The molecule has 0 radical (unpaired) electrons. The van der Waals surface area contributed by atoms with Gasteiger partial charge in [0, 0.05) is 25.2 Å². The lowest BCUT2D eigenvalue weighted by Crippen LogP contribution is -2.25. The van der Waals surface area contributed by atoms with Crippen LogP contribution in [0.2, 0.25) is 0 Å². The fraction of sp³-hybridized carbons (Fsp3) is 0.357. The van der Waals surface area contributed by atoms with E-state index in [9.17, 15) is 0 Å². The van der Waals surface area contributed by atoms with Gasteiger partial charge >= 0.3 is 0 Å². The van der Waals surface area contributed by atoms with Gasteiger partial charge in [-0.25, -0.2) is 0 Å². The van der Waals surface area contributed by atoms with Gasteiger partial charge in [0.05, 0.1) is 18.3 Å². The molecule has 0 unspecified atom stereocenters. The van der Waals surface area contributed by atoms with Gasteiger partial charge in [0.1, 0.15) is 5.75 Å². The first kappa shape index (κ1) is 10.4. The van der Waals surface area contributed by atoms with Gasteiger partial charge in [-0.15, -0.1) is 0 Å². The topological polar surface area (TPSA) is 25.4 Å². The van der Waals surface area contributed by atoms with Crippen molar-refractivity contribution in [3.05, 3.63) is 30.0 Å². The lowest BCUT2D eigenvalue weighted by molar-refractivity contribution is 0.415. The molecule has 3 nitrogen and oxygen atoms in total. The number of aromatic nitrogens is 1. The van der Waals surface area contributed by atoms with Gasteiger partial charge in [0.2, 0.25) is 0 Å². The third kappa shape index (κ3) is 1.62. The molecule has 2 aromatic rings. The third-order valence-electron chi connectivity index (χ3n) is 3.44. The molecule has 0 saturated carbocycles. The largest absolute Gasteiger partial charge is 0.497 e. The zero-order valence-corrected chi connectivity index (χ0v) is 10.2. The number of pyridine rings is 1. The number of hydrogen-bond acceptors (Lipinski definition) is 3. The molecule has 0 atom stereocenters. The fourth-order valence-electron chi connectivity index (χ4n) is 2.58. The predicted octanol–water partition coefficient (Wildman–Crippen LogP) is 2.63. The summed E-state index contributed by atoms with van der Waals surface area (Å²) < 4.78 is 5.30. The van der Waals surface area contributed by atoms with Gasteiger partial charge in [-0.3, -0.25) is 4.98 Å². The molecule has 88 valence electrons. The van der Waals surface area contributed by atoms with E-state index >= 15 is 0 Å². The minimum atomic E-state index is 0.895. The van der Waals surface area contributed by atoms with Gasteiger partial charge < -0.3 is 9.64 Å². The van der Waals surface area contributed by atoms with E-state index in [1.165, 1.54) is 23.1 Å². The molecule has 3 heteroatoms. The number of aryl methyl sites for hydroxylation is 1. The molecule has 0 saturated heterocycles. The molecule has 0 N–H and O–H groups in total. The van der Waals surface area contributed by atoms with Crippen LogP contribution in [0.15, 0.2) is 24.4 Å². The molecular weight excluding hydrogens is 212 g/mol. The minimum absolute atomic E-state index is 0.895. The van der Waals surface area contributed by atoms with Crippen molar-refractivity contribution in [2.45, 2.75) is 12.8 Å². The zero-order chi connectivity index (χ0) is 11.8. The molecule has 3 rings (SSSR count). The summed E-state index contributed by atoms with van der Waals surface area (Å²) in [6.45, 7) is 1.11. The first-order valence-corrected chi connectivity index (χ1v) is 5.96. The molecule has 1 aliphatic heterocycles. The Labute approximate surface area is 101 Å². The van der Waals surface area contributed by atoms with Crippen LogP contribution in [0, 0.1) is 0 Å². The van der Waals surface area contributed by atoms with E-state index in [2.05, 4.69) is 23.0 Å². The van der Waals surface area contributed by atoms with Crippen molar-refractivity contribution in [3.8, 4) is 5.75 Å². The first-order valence-electron chi connectivity index (χ1n) is 5.96. The van der Waals surface area contributed by atoms with Crippen LogP contribution in [0.5, 0.6) is 5.75 Å². The molecule has 0 aliphatic carbocycles. The Morgan fingerprint density at radius 2 is 2.24 bits per heavy atom. The van der Waals surface area contributed by atoms with Crippen LogP contribution < -0.4 is 9.64 Å². The van der Waals surface area contributed by atoms with Crippen LogP contribution in [0.4, 0.5) is 5.69 Å². The lowest BCUT2D eigenvalue weighted by Gasteiger charge is -2.28. The van der Waals surface area contributed by atoms with Crippen LogP contribution in [-0.2, 0) is 6.42 Å². The Morgan fingerprint density at radius 3 is 3.06 bits per heavy atom. The second-order valence-electron chi connectivity index (χ2n) is 4.54. The van der Waals surface area contributed by atoms with Crippen LogP contribution in [0.3, 0.4) is 0 Å². The molecule has 0 bridgehead atoms. The monoisotopic (exact) mass is 228 g/mol. The smallest absolute Gasteiger partial charge is 0.119 e. The Morgan fingerprint density at radius 1 is 1.35 bits per heavy atom. The number of benzene rings is 1. The summed E-state index contributed by atoms with van der Waals surface area (Å²) >= 11 is 0. The predicted molar refractivity (Wildman–Crippen MR) is 69.9 cm³/mol.